The number of alkyl halides is 1. The van der Waals surface area contributed by atoms with Crippen molar-refractivity contribution in [3.05, 3.63) is 29.8 Å². The van der Waals surface area contributed by atoms with Crippen LogP contribution in [0.25, 0.3) is 0 Å². The zero-order chi connectivity index (χ0) is 10.7. The molecule has 0 amide bonds. The van der Waals surface area contributed by atoms with Gasteiger partial charge in [-0.25, -0.2) is 0 Å². The third-order valence-corrected chi connectivity index (χ3v) is 2.69. The number of ether oxygens (including phenoxy) is 1. The summed E-state index contributed by atoms with van der Waals surface area (Å²) in [7, 11) is 0. The van der Waals surface area contributed by atoms with Gasteiger partial charge in [-0.1, -0.05) is 23.7 Å². The molecule has 1 unspecified atom stereocenters. The largest absolute Gasteiger partial charge is 0.365 e. The molecule has 1 aliphatic rings. The second kappa shape index (κ2) is 4.64. The molecule has 0 spiro atoms. The molecule has 1 atom stereocenters. The Morgan fingerprint density at radius 1 is 1.47 bits per heavy atom. The Labute approximate surface area is 93.6 Å². The van der Waals surface area contributed by atoms with Gasteiger partial charge in [0.15, 0.2) is 6.29 Å². The molecule has 80 valence electrons. The smallest absolute Gasteiger partial charge is 0.152 e. The van der Waals surface area contributed by atoms with Crippen molar-refractivity contribution in [2.45, 2.75) is 5.56 Å². The van der Waals surface area contributed by atoms with Gasteiger partial charge >= 0.3 is 0 Å². The second-order valence-electron chi connectivity index (χ2n) is 3.40. The molecule has 1 saturated heterocycles. The zero-order valence-electron chi connectivity index (χ0n) is 8.23. The molecule has 15 heavy (non-hydrogen) atoms. The van der Waals surface area contributed by atoms with E-state index >= 15 is 0 Å². The van der Waals surface area contributed by atoms with Crippen LogP contribution in [0.3, 0.4) is 0 Å². The highest BCUT2D eigenvalue weighted by Gasteiger charge is 2.19. The van der Waals surface area contributed by atoms with Crippen LogP contribution in [0.1, 0.15) is 10.4 Å². The van der Waals surface area contributed by atoms with E-state index in [4.69, 9.17) is 16.3 Å². The first-order valence-corrected chi connectivity index (χ1v) is 5.30. The molecular weight excluding hydrogens is 214 g/mol. The van der Waals surface area contributed by atoms with Crippen LogP contribution in [0.2, 0.25) is 0 Å². The zero-order valence-corrected chi connectivity index (χ0v) is 8.98. The van der Waals surface area contributed by atoms with E-state index in [1.807, 2.05) is 18.2 Å². The number of aldehydes is 1. The summed E-state index contributed by atoms with van der Waals surface area (Å²) in [6.07, 6.45) is 0.869. The van der Waals surface area contributed by atoms with Gasteiger partial charge in [0.2, 0.25) is 0 Å². The first-order valence-electron chi connectivity index (χ1n) is 4.86. The molecule has 2 rings (SSSR count). The third kappa shape index (κ3) is 2.30. The van der Waals surface area contributed by atoms with Crippen molar-refractivity contribution < 1.29 is 9.53 Å². The lowest BCUT2D eigenvalue weighted by Crippen LogP contribution is -2.40. The number of morpholine rings is 1. The number of anilines is 1. The van der Waals surface area contributed by atoms with Crippen molar-refractivity contribution in [3.63, 3.8) is 0 Å². The normalized spacial score (nSPS) is 21.4. The van der Waals surface area contributed by atoms with Crippen molar-refractivity contribution in [1.29, 1.82) is 0 Å². The van der Waals surface area contributed by atoms with Gasteiger partial charge in [-0.2, -0.15) is 0 Å². The molecule has 1 aliphatic heterocycles. The monoisotopic (exact) mass is 225 g/mol. The van der Waals surface area contributed by atoms with Crippen molar-refractivity contribution in [3.8, 4) is 0 Å². The van der Waals surface area contributed by atoms with Crippen molar-refractivity contribution in [1.82, 2.24) is 0 Å². The highest BCUT2D eigenvalue weighted by Crippen LogP contribution is 2.22. The number of hydrogen-bond acceptors (Lipinski definition) is 3. The average molecular weight is 226 g/mol. The molecule has 0 N–H and O–H groups in total. The number of hydrogen-bond donors (Lipinski definition) is 0. The summed E-state index contributed by atoms with van der Waals surface area (Å²) in [5.41, 5.74) is 1.34. The van der Waals surface area contributed by atoms with Crippen molar-refractivity contribution >= 4 is 23.6 Å². The summed E-state index contributed by atoms with van der Waals surface area (Å²) in [5, 5.41) is 0. The fraction of sp³-hybridized carbons (Fsp3) is 0.364. The maximum Gasteiger partial charge on any atom is 0.152 e. The Hall–Kier alpha value is -1.06. The van der Waals surface area contributed by atoms with Crippen LogP contribution in [0.15, 0.2) is 24.3 Å². The highest BCUT2D eigenvalue weighted by molar-refractivity contribution is 6.20. The summed E-state index contributed by atoms with van der Waals surface area (Å²) < 4.78 is 5.24. The lowest BCUT2D eigenvalue weighted by atomic mass is 10.1. The van der Waals surface area contributed by atoms with Crippen molar-refractivity contribution in [2.24, 2.45) is 0 Å². The van der Waals surface area contributed by atoms with Crippen LogP contribution >= 0.6 is 11.6 Å². The maximum atomic E-state index is 10.9. The predicted molar refractivity (Wildman–Crippen MR) is 59.6 cm³/mol. The van der Waals surface area contributed by atoms with Crippen LogP contribution in [0, 0.1) is 0 Å². The van der Waals surface area contributed by atoms with Gasteiger partial charge in [0.25, 0.3) is 0 Å². The number of nitrogens with zero attached hydrogens (tertiary/aromatic N) is 1. The molecule has 0 saturated carbocycles. The number of carbonyl (C=O) groups excluding carboxylic acids is 1. The molecule has 3 nitrogen and oxygen atoms in total. The molecule has 1 aromatic rings. The van der Waals surface area contributed by atoms with Crippen LogP contribution in [-0.2, 0) is 4.74 Å². The van der Waals surface area contributed by atoms with Crippen molar-refractivity contribution in [2.75, 3.05) is 24.6 Å². The third-order valence-electron chi connectivity index (χ3n) is 2.43. The second-order valence-corrected chi connectivity index (χ2v) is 3.89. The van der Waals surface area contributed by atoms with Gasteiger partial charge in [-0.05, 0) is 12.1 Å². The number of para-hydroxylation sites is 1. The van der Waals surface area contributed by atoms with Gasteiger partial charge in [-0.15, -0.1) is 0 Å². The SMILES string of the molecule is O=Cc1ccccc1N1CCOC(Cl)C1. The molecule has 0 bridgehead atoms. The molecular formula is C11H12ClNO2. The standard InChI is InChI=1S/C11H12ClNO2/c12-11-7-13(5-6-15-11)10-4-2-1-3-9(10)8-14/h1-4,8,11H,5-7H2. The summed E-state index contributed by atoms with van der Waals surface area (Å²) in [6, 6.07) is 7.51. The predicted octanol–water partition coefficient (Wildman–Crippen LogP) is 1.90. The summed E-state index contributed by atoms with van der Waals surface area (Å²) >= 11 is 5.90. The lowest BCUT2D eigenvalue weighted by Gasteiger charge is -2.32. The first-order chi connectivity index (χ1) is 7.31. The minimum absolute atomic E-state index is 0.293. The summed E-state index contributed by atoms with van der Waals surface area (Å²) in [5.74, 6) is 0. The van der Waals surface area contributed by atoms with Gasteiger partial charge < -0.3 is 9.64 Å². The van der Waals surface area contributed by atoms with Gasteiger partial charge in [0, 0.05) is 17.8 Å². The Morgan fingerprint density at radius 2 is 2.27 bits per heavy atom. The first kappa shape index (κ1) is 10.5. The molecule has 0 aromatic heterocycles. The number of benzene rings is 1. The Bertz CT molecular complexity index is 356. The Morgan fingerprint density at radius 3 is 3.00 bits per heavy atom. The average Bonchev–Trinajstić information content (AvgIpc) is 2.29. The molecule has 1 aromatic carbocycles. The van der Waals surface area contributed by atoms with E-state index in [-0.39, 0.29) is 5.56 Å². The fourth-order valence-corrected chi connectivity index (χ4v) is 1.96. The summed E-state index contributed by atoms with van der Waals surface area (Å²) in [4.78, 5) is 12.9. The molecule has 0 aliphatic carbocycles. The maximum absolute atomic E-state index is 10.9. The van der Waals surface area contributed by atoms with E-state index in [1.54, 1.807) is 6.07 Å². The van der Waals surface area contributed by atoms with E-state index in [2.05, 4.69) is 4.90 Å². The number of carbonyl (C=O) groups is 1. The number of rotatable bonds is 2. The molecule has 1 fully saturated rings. The molecule has 1 heterocycles. The highest BCUT2D eigenvalue weighted by atomic mass is 35.5. The quantitative estimate of drug-likeness (QED) is 0.569. The van der Waals surface area contributed by atoms with Gasteiger partial charge in [0.1, 0.15) is 5.56 Å². The Balaban J connectivity index is 2.24. The van der Waals surface area contributed by atoms with E-state index in [0.29, 0.717) is 18.7 Å². The fourth-order valence-electron chi connectivity index (χ4n) is 1.70. The minimum Gasteiger partial charge on any atom is -0.365 e. The van der Waals surface area contributed by atoms with E-state index in [9.17, 15) is 4.79 Å². The van der Waals surface area contributed by atoms with Crippen LogP contribution in [-0.4, -0.2) is 31.5 Å². The topological polar surface area (TPSA) is 29.5 Å². The van der Waals surface area contributed by atoms with Crippen LogP contribution < -0.4 is 4.90 Å². The van der Waals surface area contributed by atoms with E-state index in [1.165, 1.54) is 0 Å². The van der Waals surface area contributed by atoms with Gasteiger partial charge in [0.05, 0.1) is 13.2 Å². The minimum atomic E-state index is -0.293. The number of halogens is 1. The Kier molecular flexibility index (Phi) is 3.23. The van der Waals surface area contributed by atoms with E-state index in [0.717, 1.165) is 18.5 Å². The molecule has 4 heteroatoms. The summed E-state index contributed by atoms with van der Waals surface area (Å²) in [6.45, 7) is 1.99. The van der Waals surface area contributed by atoms with Crippen LogP contribution in [0.4, 0.5) is 5.69 Å². The lowest BCUT2D eigenvalue weighted by molar-refractivity contribution is 0.0932. The molecule has 0 radical (unpaired) electrons. The van der Waals surface area contributed by atoms with Gasteiger partial charge in [-0.3, -0.25) is 4.79 Å². The van der Waals surface area contributed by atoms with E-state index < -0.39 is 0 Å². The van der Waals surface area contributed by atoms with Crippen LogP contribution in [0.5, 0.6) is 0 Å².